The molecule has 0 atom stereocenters. The molecule has 0 bridgehead atoms. The van der Waals surface area contributed by atoms with Crippen molar-refractivity contribution in [2.24, 2.45) is 5.73 Å². The van der Waals surface area contributed by atoms with E-state index in [1.54, 1.807) is 0 Å². The van der Waals surface area contributed by atoms with E-state index >= 15 is 0 Å². The SMILES string of the molecule is CCc1cccc(NC(=O)CN)c1. The summed E-state index contributed by atoms with van der Waals surface area (Å²) in [6.45, 7) is 2.10. The van der Waals surface area contributed by atoms with Crippen molar-refractivity contribution in [1.29, 1.82) is 0 Å². The van der Waals surface area contributed by atoms with Crippen LogP contribution in [-0.4, -0.2) is 12.5 Å². The predicted octanol–water partition coefficient (Wildman–Crippen LogP) is 1.15. The summed E-state index contributed by atoms with van der Waals surface area (Å²) in [6, 6.07) is 7.75. The molecule has 0 aliphatic carbocycles. The van der Waals surface area contributed by atoms with Gasteiger partial charge in [0.05, 0.1) is 6.54 Å². The van der Waals surface area contributed by atoms with Crippen LogP contribution < -0.4 is 11.1 Å². The number of rotatable bonds is 3. The Morgan fingerprint density at radius 2 is 2.31 bits per heavy atom. The van der Waals surface area contributed by atoms with Crippen molar-refractivity contribution >= 4 is 11.6 Å². The number of carbonyl (C=O) groups excluding carboxylic acids is 1. The Hall–Kier alpha value is -1.35. The average molecular weight is 178 g/mol. The van der Waals surface area contributed by atoms with Gasteiger partial charge in [-0.3, -0.25) is 4.79 Å². The molecule has 0 saturated heterocycles. The highest BCUT2D eigenvalue weighted by Gasteiger charge is 1.98. The molecule has 0 unspecified atom stereocenters. The minimum atomic E-state index is -0.159. The molecule has 0 aliphatic rings. The molecule has 0 aromatic heterocycles. The molecule has 70 valence electrons. The summed E-state index contributed by atoms with van der Waals surface area (Å²) >= 11 is 0. The van der Waals surface area contributed by atoms with Gasteiger partial charge in [0.15, 0.2) is 0 Å². The number of hydrogen-bond donors (Lipinski definition) is 2. The van der Waals surface area contributed by atoms with Crippen molar-refractivity contribution in [3.63, 3.8) is 0 Å². The molecule has 1 amide bonds. The second-order valence-corrected chi connectivity index (χ2v) is 2.81. The van der Waals surface area contributed by atoms with Gasteiger partial charge in [0, 0.05) is 5.69 Å². The average Bonchev–Trinajstić information content (AvgIpc) is 2.18. The summed E-state index contributed by atoms with van der Waals surface area (Å²) < 4.78 is 0. The molecule has 1 aromatic carbocycles. The second-order valence-electron chi connectivity index (χ2n) is 2.81. The third-order valence-electron chi connectivity index (χ3n) is 1.80. The molecule has 0 saturated carbocycles. The fraction of sp³-hybridized carbons (Fsp3) is 0.300. The van der Waals surface area contributed by atoms with Gasteiger partial charge < -0.3 is 11.1 Å². The highest BCUT2D eigenvalue weighted by atomic mass is 16.1. The van der Waals surface area contributed by atoms with E-state index in [1.165, 1.54) is 5.56 Å². The van der Waals surface area contributed by atoms with Gasteiger partial charge in [-0.25, -0.2) is 0 Å². The maximum atomic E-state index is 10.9. The monoisotopic (exact) mass is 178 g/mol. The molecule has 3 nitrogen and oxygen atoms in total. The fourth-order valence-corrected chi connectivity index (χ4v) is 1.08. The van der Waals surface area contributed by atoms with Crippen LogP contribution in [0.25, 0.3) is 0 Å². The van der Waals surface area contributed by atoms with Crippen LogP contribution in [0.4, 0.5) is 5.69 Å². The Labute approximate surface area is 77.9 Å². The van der Waals surface area contributed by atoms with Gasteiger partial charge in [0.25, 0.3) is 0 Å². The molecular formula is C10H14N2O. The first-order chi connectivity index (χ1) is 6.26. The molecule has 0 fully saturated rings. The molecule has 0 aliphatic heterocycles. The first kappa shape index (κ1) is 9.74. The minimum Gasteiger partial charge on any atom is -0.325 e. The lowest BCUT2D eigenvalue weighted by atomic mass is 10.1. The predicted molar refractivity (Wildman–Crippen MR) is 53.5 cm³/mol. The van der Waals surface area contributed by atoms with Crippen molar-refractivity contribution in [2.75, 3.05) is 11.9 Å². The highest BCUT2D eigenvalue weighted by Crippen LogP contribution is 2.10. The Morgan fingerprint density at radius 1 is 1.54 bits per heavy atom. The van der Waals surface area contributed by atoms with E-state index in [9.17, 15) is 4.79 Å². The Morgan fingerprint density at radius 3 is 2.92 bits per heavy atom. The summed E-state index contributed by atoms with van der Waals surface area (Å²) in [4.78, 5) is 10.9. The topological polar surface area (TPSA) is 55.1 Å². The van der Waals surface area contributed by atoms with Crippen LogP contribution in [0, 0.1) is 0 Å². The van der Waals surface area contributed by atoms with Crippen LogP contribution in [0.15, 0.2) is 24.3 Å². The molecule has 0 spiro atoms. The van der Waals surface area contributed by atoms with Crippen LogP contribution in [0.2, 0.25) is 0 Å². The summed E-state index contributed by atoms with van der Waals surface area (Å²) in [5.41, 5.74) is 7.20. The van der Waals surface area contributed by atoms with Gasteiger partial charge in [-0.1, -0.05) is 19.1 Å². The minimum absolute atomic E-state index is 0.0242. The Kier molecular flexibility index (Phi) is 3.46. The summed E-state index contributed by atoms with van der Waals surface area (Å²) in [7, 11) is 0. The Bertz CT molecular complexity index is 297. The van der Waals surface area contributed by atoms with E-state index in [1.807, 2.05) is 24.3 Å². The van der Waals surface area contributed by atoms with Crippen LogP contribution in [0.3, 0.4) is 0 Å². The van der Waals surface area contributed by atoms with Crippen molar-refractivity contribution < 1.29 is 4.79 Å². The van der Waals surface area contributed by atoms with Crippen LogP contribution in [0.1, 0.15) is 12.5 Å². The number of amides is 1. The number of nitrogens with one attached hydrogen (secondary N) is 1. The number of hydrogen-bond acceptors (Lipinski definition) is 2. The second kappa shape index (κ2) is 4.62. The first-order valence-electron chi connectivity index (χ1n) is 4.35. The molecule has 13 heavy (non-hydrogen) atoms. The van der Waals surface area contributed by atoms with Gasteiger partial charge in [-0.15, -0.1) is 0 Å². The zero-order valence-electron chi connectivity index (χ0n) is 7.71. The smallest absolute Gasteiger partial charge is 0.238 e. The number of anilines is 1. The lowest BCUT2D eigenvalue weighted by Crippen LogP contribution is -2.21. The largest absolute Gasteiger partial charge is 0.325 e. The standard InChI is InChI=1S/C10H14N2O/c1-2-8-4-3-5-9(6-8)12-10(13)7-11/h3-6H,2,7,11H2,1H3,(H,12,13). The molecule has 1 aromatic rings. The van der Waals surface area contributed by atoms with Crippen LogP contribution in [-0.2, 0) is 11.2 Å². The first-order valence-corrected chi connectivity index (χ1v) is 4.35. The molecule has 3 heteroatoms. The summed E-state index contributed by atoms with van der Waals surface area (Å²) in [6.07, 6.45) is 0.965. The van der Waals surface area contributed by atoms with Crippen molar-refractivity contribution in [1.82, 2.24) is 0 Å². The molecule has 3 N–H and O–H groups in total. The van der Waals surface area contributed by atoms with Gasteiger partial charge in [0.1, 0.15) is 0 Å². The van der Waals surface area contributed by atoms with Gasteiger partial charge in [-0.2, -0.15) is 0 Å². The van der Waals surface area contributed by atoms with Crippen LogP contribution in [0.5, 0.6) is 0 Å². The lowest BCUT2D eigenvalue weighted by Gasteiger charge is -2.04. The Balaban J connectivity index is 2.71. The number of nitrogens with two attached hydrogens (primary N) is 1. The quantitative estimate of drug-likeness (QED) is 0.729. The number of carbonyl (C=O) groups is 1. The van der Waals surface area contributed by atoms with Crippen LogP contribution >= 0.6 is 0 Å². The normalized spacial score (nSPS) is 9.69. The third kappa shape index (κ3) is 2.87. The summed E-state index contributed by atoms with van der Waals surface area (Å²) in [5, 5.41) is 2.70. The number of benzene rings is 1. The zero-order chi connectivity index (χ0) is 9.68. The van der Waals surface area contributed by atoms with Gasteiger partial charge in [0.2, 0.25) is 5.91 Å². The molecule has 0 heterocycles. The van der Waals surface area contributed by atoms with Crippen molar-refractivity contribution in [3.05, 3.63) is 29.8 Å². The van der Waals surface area contributed by atoms with E-state index in [-0.39, 0.29) is 12.5 Å². The third-order valence-corrected chi connectivity index (χ3v) is 1.80. The summed E-state index contributed by atoms with van der Waals surface area (Å²) in [5.74, 6) is -0.159. The van der Waals surface area contributed by atoms with E-state index in [4.69, 9.17) is 5.73 Å². The van der Waals surface area contributed by atoms with E-state index in [0.29, 0.717) is 0 Å². The van der Waals surface area contributed by atoms with E-state index in [0.717, 1.165) is 12.1 Å². The number of aryl methyl sites for hydroxylation is 1. The maximum Gasteiger partial charge on any atom is 0.238 e. The van der Waals surface area contributed by atoms with E-state index in [2.05, 4.69) is 12.2 Å². The molecular weight excluding hydrogens is 164 g/mol. The van der Waals surface area contributed by atoms with Gasteiger partial charge >= 0.3 is 0 Å². The lowest BCUT2D eigenvalue weighted by molar-refractivity contribution is -0.114. The van der Waals surface area contributed by atoms with Gasteiger partial charge in [-0.05, 0) is 24.1 Å². The van der Waals surface area contributed by atoms with E-state index < -0.39 is 0 Å². The maximum absolute atomic E-state index is 10.9. The zero-order valence-corrected chi connectivity index (χ0v) is 7.71. The molecule has 0 radical (unpaired) electrons. The van der Waals surface area contributed by atoms with Crippen molar-refractivity contribution in [3.8, 4) is 0 Å². The fourth-order valence-electron chi connectivity index (χ4n) is 1.08. The highest BCUT2D eigenvalue weighted by molar-refractivity contribution is 5.92. The van der Waals surface area contributed by atoms with Crippen molar-refractivity contribution in [2.45, 2.75) is 13.3 Å². The molecule has 1 rings (SSSR count).